The van der Waals surface area contributed by atoms with Crippen molar-refractivity contribution in [2.45, 2.75) is 51.2 Å². The van der Waals surface area contributed by atoms with Gasteiger partial charge in [-0.2, -0.15) is 0 Å². The lowest BCUT2D eigenvalue weighted by molar-refractivity contribution is -0.000903. The molecule has 0 spiro atoms. The van der Waals surface area contributed by atoms with Crippen LogP contribution >= 0.6 is 0 Å². The highest BCUT2D eigenvalue weighted by Gasteiger charge is 2.23. The van der Waals surface area contributed by atoms with Crippen LogP contribution in [0.25, 0.3) is 0 Å². The molecule has 2 aliphatic rings. The van der Waals surface area contributed by atoms with Crippen molar-refractivity contribution in [3.8, 4) is 0 Å². The zero-order valence-corrected chi connectivity index (χ0v) is 10.4. The molecule has 16 heavy (non-hydrogen) atoms. The topological polar surface area (TPSA) is 30.5 Å². The van der Waals surface area contributed by atoms with Crippen LogP contribution in [0.4, 0.5) is 0 Å². The summed E-state index contributed by atoms with van der Waals surface area (Å²) in [5.74, 6) is 0.652. The van der Waals surface area contributed by atoms with Crippen LogP contribution in [-0.2, 0) is 9.47 Å². The molecule has 3 nitrogen and oxygen atoms in total. The molecule has 0 radical (unpaired) electrons. The van der Waals surface area contributed by atoms with E-state index in [4.69, 9.17) is 9.47 Å². The van der Waals surface area contributed by atoms with Crippen molar-refractivity contribution in [2.75, 3.05) is 26.4 Å². The van der Waals surface area contributed by atoms with Crippen LogP contribution in [-0.4, -0.2) is 38.5 Å². The second-order valence-corrected chi connectivity index (χ2v) is 5.11. The Kier molecular flexibility index (Phi) is 5.07. The molecule has 94 valence electrons. The van der Waals surface area contributed by atoms with Gasteiger partial charge in [0.25, 0.3) is 0 Å². The van der Waals surface area contributed by atoms with Gasteiger partial charge in [-0.05, 0) is 38.6 Å². The van der Waals surface area contributed by atoms with Gasteiger partial charge in [-0.3, -0.25) is 0 Å². The minimum absolute atomic E-state index is 0.485. The van der Waals surface area contributed by atoms with E-state index in [9.17, 15) is 0 Å². The van der Waals surface area contributed by atoms with E-state index in [1.807, 2.05) is 0 Å². The number of rotatable bonds is 5. The van der Waals surface area contributed by atoms with Crippen LogP contribution in [0.2, 0.25) is 0 Å². The van der Waals surface area contributed by atoms with E-state index < -0.39 is 0 Å². The standard InChI is InChI=1S/C13H25NO2/c1-2-14-12-4-3-5-13(8-12)16-10-11-6-7-15-9-11/h11-14H,2-10H2,1H3. The fourth-order valence-corrected chi connectivity index (χ4v) is 2.76. The summed E-state index contributed by atoms with van der Waals surface area (Å²) >= 11 is 0. The Hall–Kier alpha value is -0.120. The average Bonchev–Trinajstić information content (AvgIpc) is 2.80. The summed E-state index contributed by atoms with van der Waals surface area (Å²) in [5, 5.41) is 3.54. The quantitative estimate of drug-likeness (QED) is 0.779. The van der Waals surface area contributed by atoms with Gasteiger partial charge in [-0.15, -0.1) is 0 Å². The molecule has 3 atom stereocenters. The molecule has 0 aromatic heterocycles. The van der Waals surface area contributed by atoms with Gasteiger partial charge >= 0.3 is 0 Å². The average molecular weight is 227 g/mol. The SMILES string of the molecule is CCNC1CCCC(OCC2CCOC2)C1. The van der Waals surface area contributed by atoms with Crippen LogP contribution in [0.1, 0.15) is 39.0 Å². The fourth-order valence-electron chi connectivity index (χ4n) is 2.76. The van der Waals surface area contributed by atoms with Gasteiger partial charge in [-0.1, -0.05) is 6.92 Å². The third kappa shape index (κ3) is 3.72. The molecule has 0 aromatic carbocycles. The van der Waals surface area contributed by atoms with Gasteiger partial charge < -0.3 is 14.8 Å². The fraction of sp³-hybridized carbons (Fsp3) is 1.00. The minimum Gasteiger partial charge on any atom is -0.381 e. The Morgan fingerprint density at radius 2 is 2.25 bits per heavy atom. The second-order valence-electron chi connectivity index (χ2n) is 5.11. The maximum absolute atomic E-state index is 6.02. The van der Waals surface area contributed by atoms with Crippen molar-refractivity contribution in [1.29, 1.82) is 0 Å². The molecule has 0 amide bonds. The van der Waals surface area contributed by atoms with Gasteiger partial charge in [-0.25, -0.2) is 0 Å². The van der Waals surface area contributed by atoms with Crippen molar-refractivity contribution >= 4 is 0 Å². The Bertz CT molecular complexity index is 190. The molecule has 1 saturated heterocycles. The van der Waals surface area contributed by atoms with Crippen LogP contribution in [0.3, 0.4) is 0 Å². The molecular formula is C13H25NO2. The third-order valence-corrected chi connectivity index (χ3v) is 3.71. The van der Waals surface area contributed by atoms with Crippen LogP contribution < -0.4 is 5.32 Å². The summed E-state index contributed by atoms with van der Waals surface area (Å²) in [5.41, 5.74) is 0. The van der Waals surface area contributed by atoms with E-state index in [1.165, 1.54) is 32.1 Å². The first-order chi connectivity index (χ1) is 7.88. The normalized spacial score (nSPS) is 35.4. The number of hydrogen-bond donors (Lipinski definition) is 1. The molecule has 2 rings (SSSR count). The Morgan fingerprint density at radius 1 is 1.31 bits per heavy atom. The lowest BCUT2D eigenvalue weighted by atomic mass is 9.92. The van der Waals surface area contributed by atoms with E-state index in [0.717, 1.165) is 26.4 Å². The summed E-state index contributed by atoms with van der Waals surface area (Å²) in [6.45, 7) is 6.00. The van der Waals surface area contributed by atoms with Crippen molar-refractivity contribution in [1.82, 2.24) is 5.32 Å². The summed E-state index contributed by atoms with van der Waals surface area (Å²) < 4.78 is 11.4. The highest BCUT2D eigenvalue weighted by Crippen LogP contribution is 2.23. The van der Waals surface area contributed by atoms with E-state index >= 15 is 0 Å². The molecule has 3 unspecified atom stereocenters. The molecule has 1 heterocycles. The predicted octanol–water partition coefficient (Wildman–Crippen LogP) is 1.96. The molecule has 0 aromatic rings. The Morgan fingerprint density at radius 3 is 3.00 bits per heavy atom. The first-order valence-corrected chi connectivity index (χ1v) is 6.81. The zero-order valence-electron chi connectivity index (χ0n) is 10.4. The summed E-state index contributed by atoms with van der Waals surface area (Å²) in [7, 11) is 0. The van der Waals surface area contributed by atoms with Gasteiger partial charge in [0.1, 0.15) is 0 Å². The maximum atomic E-state index is 6.02. The lowest BCUT2D eigenvalue weighted by Crippen LogP contribution is -2.37. The maximum Gasteiger partial charge on any atom is 0.0590 e. The van der Waals surface area contributed by atoms with Crippen LogP contribution in [0.15, 0.2) is 0 Å². The smallest absolute Gasteiger partial charge is 0.0590 e. The van der Waals surface area contributed by atoms with Crippen molar-refractivity contribution in [3.05, 3.63) is 0 Å². The van der Waals surface area contributed by atoms with Gasteiger partial charge in [0.2, 0.25) is 0 Å². The van der Waals surface area contributed by atoms with Crippen LogP contribution in [0, 0.1) is 5.92 Å². The van der Waals surface area contributed by atoms with Gasteiger partial charge in [0, 0.05) is 18.6 Å². The number of nitrogens with one attached hydrogen (secondary N) is 1. The van der Waals surface area contributed by atoms with E-state index in [2.05, 4.69) is 12.2 Å². The molecule has 1 aliphatic carbocycles. The second kappa shape index (κ2) is 6.58. The first kappa shape index (κ1) is 12.3. The third-order valence-electron chi connectivity index (χ3n) is 3.71. The molecule has 3 heteroatoms. The molecule has 2 fully saturated rings. The van der Waals surface area contributed by atoms with E-state index in [1.54, 1.807) is 0 Å². The molecule has 1 saturated carbocycles. The Labute approximate surface area is 98.9 Å². The zero-order chi connectivity index (χ0) is 11.2. The molecule has 1 N–H and O–H groups in total. The number of hydrogen-bond acceptors (Lipinski definition) is 3. The predicted molar refractivity (Wildman–Crippen MR) is 64.6 cm³/mol. The van der Waals surface area contributed by atoms with Gasteiger partial charge in [0.15, 0.2) is 0 Å². The minimum atomic E-state index is 0.485. The van der Waals surface area contributed by atoms with Crippen molar-refractivity contribution in [3.63, 3.8) is 0 Å². The molecule has 0 bridgehead atoms. The highest BCUT2D eigenvalue weighted by atomic mass is 16.5. The van der Waals surface area contributed by atoms with Gasteiger partial charge in [0.05, 0.1) is 19.3 Å². The summed E-state index contributed by atoms with van der Waals surface area (Å²) in [4.78, 5) is 0. The Balaban J connectivity index is 1.64. The van der Waals surface area contributed by atoms with Crippen molar-refractivity contribution in [2.24, 2.45) is 5.92 Å². The lowest BCUT2D eigenvalue weighted by Gasteiger charge is -2.30. The van der Waals surface area contributed by atoms with E-state index in [-0.39, 0.29) is 0 Å². The molecule has 1 aliphatic heterocycles. The largest absolute Gasteiger partial charge is 0.381 e. The number of ether oxygens (including phenoxy) is 2. The first-order valence-electron chi connectivity index (χ1n) is 6.81. The summed E-state index contributed by atoms with van der Waals surface area (Å²) in [6, 6.07) is 0.684. The molecular weight excluding hydrogens is 202 g/mol. The summed E-state index contributed by atoms with van der Waals surface area (Å²) in [6.07, 6.45) is 6.74. The van der Waals surface area contributed by atoms with E-state index in [0.29, 0.717) is 18.1 Å². The highest BCUT2D eigenvalue weighted by molar-refractivity contribution is 4.78. The van der Waals surface area contributed by atoms with Crippen LogP contribution in [0.5, 0.6) is 0 Å². The van der Waals surface area contributed by atoms with Crippen molar-refractivity contribution < 1.29 is 9.47 Å². The monoisotopic (exact) mass is 227 g/mol.